The molecule has 1 saturated heterocycles. The van der Waals surface area contributed by atoms with Crippen molar-refractivity contribution in [2.45, 2.75) is 32.6 Å². The summed E-state index contributed by atoms with van der Waals surface area (Å²) in [5.41, 5.74) is 2.79. The van der Waals surface area contributed by atoms with E-state index in [1.54, 1.807) is 36.3 Å². The highest BCUT2D eigenvalue weighted by Crippen LogP contribution is 2.22. The summed E-state index contributed by atoms with van der Waals surface area (Å²) in [4.78, 5) is 19.0. The average molecular weight is 416 g/mol. The highest BCUT2D eigenvalue weighted by atomic mass is 35.5. The second-order valence-electron chi connectivity index (χ2n) is 7.25. The number of pyridine rings is 1. The smallest absolute Gasteiger partial charge is 0.269 e. The predicted octanol–water partition coefficient (Wildman–Crippen LogP) is 1.75. The molecule has 0 N–H and O–H groups in total. The molecule has 0 saturated carbocycles. The third-order valence-corrected chi connectivity index (χ3v) is 5.11. The van der Waals surface area contributed by atoms with Crippen molar-refractivity contribution >= 4 is 17.3 Å². The molecule has 2 atom stereocenters. The van der Waals surface area contributed by atoms with Crippen LogP contribution in [0.2, 0.25) is 5.15 Å². The minimum Gasteiger partial charge on any atom is -0.372 e. The van der Waals surface area contributed by atoms with Crippen LogP contribution in [0.4, 0.5) is 5.69 Å². The maximum Gasteiger partial charge on any atom is 0.269 e. The summed E-state index contributed by atoms with van der Waals surface area (Å²) in [5, 5.41) is 13.1. The lowest BCUT2D eigenvalue weighted by atomic mass is 10.1. The Labute approximate surface area is 172 Å². The fourth-order valence-electron chi connectivity index (χ4n) is 3.54. The number of nitrogens with zero attached hydrogens (tertiary/aromatic N) is 7. The van der Waals surface area contributed by atoms with Gasteiger partial charge in [-0.15, -0.1) is 5.10 Å². The highest BCUT2D eigenvalue weighted by molar-refractivity contribution is 6.29. The van der Waals surface area contributed by atoms with Crippen molar-refractivity contribution in [2.24, 2.45) is 7.05 Å². The lowest BCUT2D eigenvalue weighted by molar-refractivity contribution is -0.00525. The number of aryl methyl sites for hydroxylation is 1. The summed E-state index contributed by atoms with van der Waals surface area (Å²) in [7, 11) is 1.78. The van der Waals surface area contributed by atoms with E-state index in [9.17, 15) is 4.79 Å². The zero-order chi connectivity index (χ0) is 20.5. The molecule has 1 aliphatic heterocycles. The van der Waals surface area contributed by atoms with E-state index in [2.05, 4.69) is 25.3 Å². The lowest BCUT2D eigenvalue weighted by Gasteiger charge is -2.36. The second kappa shape index (κ2) is 7.92. The molecule has 9 nitrogen and oxygen atoms in total. The summed E-state index contributed by atoms with van der Waals surface area (Å²) in [6.45, 7) is 5.76. The van der Waals surface area contributed by atoms with Gasteiger partial charge in [-0.25, -0.2) is 14.3 Å². The van der Waals surface area contributed by atoms with Crippen LogP contribution in [0, 0.1) is 0 Å². The van der Waals surface area contributed by atoms with Crippen LogP contribution in [0.25, 0.3) is 11.3 Å². The monoisotopic (exact) mass is 415 g/mol. The van der Waals surface area contributed by atoms with Gasteiger partial charge in [0.05, 0.1) is 36.3 Å². The number of rotatable bonds is 4. The normalized spacial score (nSPS) is 19.5. The molecule has 3 aromatic heterocycles. The Balaban J connectivity index is 1.60. The van der Waals surface area contributed by atoms with E-state index in [1.807, 2.05) is 19.9 Å². The molecule has 4 rings (SSSR count). The van der Waals surface area contributed by atoms with Gasteiger partial charge in [-0.1, -0.05) is 16.8 Å². The van der Waals surface area contributed by atoms with E-state index in [0.717, 1.165) is 30.0 Å². The molecule has 0 aromatic carbocycles. The van der Waals surface area contributed by atoms with Crippen LogP contribution in [-0.2, 0) is 18.3 Å². The average Bonchev–Trinajstić information content (AvgIpc) is 3.04. The van der Waals surface area contributed by atoms with Crippen LogP contribution in [0.3, 0.4) is 0 Å². The van der Waals surface area contributed by atoms with Gasteiger partial charge in [0.2, 0.25) is 0 Å². The molecule has 3 aromatic rings. The van der Waals surface area contributed by atoms with Gasteiger partial charge in [0.1, 0.15) is 10.8 Å². The van der Waals surface area contributed by atoms with E-state index in [0.29, 0.717) is 10.8 Å². The molecule has 0 aliphatic carbocycles. The molecule has 0 radical (unpaired) electrons. The van der Waals surface area contributed by atoms with Crippen molar-refractivity contribution in [2.75, 3.05) is 18.0 Å². The van der Waals surface area contributed by atoms with Crippen molar-refractivity contribution in [1.82, 2.24) is 29.8 Å². The van der Waals surface area contributed by atoms with Crippen molar-refractivity contribution in [3.63, 3.8) is 0 Å². The van der Waals surface area contributed by atoms with Gasteiger partial charge < -0.3 is 9.64 Å². The summed E-state index contributed by atoms with van der Waals surface area (Å²) >= 11 is 5.87. The van der Waals surface area contributed by atoms with Crippen LogP contribution in [0.1, 0.15) is 19.5 Å². The molecule has 4 heterocycles. The van der Waals surface area contributed by atoms with Crippen molar-refractivity contribution in [3.05, 3.63) is 51.8 Å². The molecule has 1 aliphatic rings. The molecule has 0 spiro atoms. The van der Waals surface area contributed by atoms with Crippen LogP contribution in [0.15, 0.2) is 35.4 Å². The van der Waals surface area contributed by atoms with E-state index < -0.39 is 0 Å². The van der Waals surface area contributed by atoms with Crippen LogP contribution in [0.5, 0.6) is 0 Å². The van der Waals surface area contributed by atoms with Gasteiger partial charge in [-0.3, -0.25) is 4.79 Å². The van der Waals surface area contributed by atoms with Gasteiger partial charge in [0.25, 0.3) is 5.56 Å². The number of hydrogen-bond acceptors (Lipinski definition) is 7. The minimum atomic E-state index is -0.185. The maximum absolute atomic E-state index is 12.7. The Morgan fingerprint density at radius 2 is 1.97 bits per heavy atom. The first-order valence-corrected chi connectivity index (χ1v) is 9.76. The Morgan fingerprint density at radius 1 is 1.21 bits per heavy atom. The Hall–Kier alpha value is -2.78. The number of aromatic nitrogens is 6. The Kier molecular flexibility index (Phi) is 5.33. The lowest BCUT2D eigenvalue weighted by Crippen LogP contribution is -2.46. The molecule has 152 valence electrons. The maximum atomic E-state index is 12.7. The van der Waals surface area contributed by atoms with Gasteiger partial charge in [0, 0.05) is 38.0 Å². The molecule has 10 heteroatoms. The molecule has 29 heavy (non-hydrogen) atoms. The fourth-order valence-corrected chi connectivity index (χ4v) is 3.65. The topological polar surface area (TPSA) is 91.0 Å². The second-order valence-corrected chi connectivity index (χ2v) is 7.64. The zero-order valence-electron chi connectivity index (χ0n) is 16.5. The fraction of sp³-hybridized carbons (Fsp3) is 0.421. The van der Waals surface area contributed by atoms with Crippen LogP contribution in [-0.4, -0.2) is 55.1 Å². The molecule has 0 bridgehead atoms. The summed E-state index contributed by atoms with van der Waals surface area (Å²) in [6, 6.07) is 5.13. The number of anilines is 1. The molecule has 0 amide bonds. The van der Waals surface area contributed by atoms with Gasteiger partial charge in [0.15, 0.2) is 0 Å². The van der Waals surface area contributed by atoms with Crippen molar-refractivity contribution in [3.8, 4) is 11.3 Å². The zero-order valence-corrected chi connectivity index (χ0v) is 17.2. The first-order chi connectivity index (χ1) is 13.9. The first kappa shape index (κ1) is 19.5. The Bertz CT molecular complexity index is 1050. The SMILES string of the molecule is CC1CN(c2cnn(Cc3c(-c4ccc(Cl)nc4)nnn3C)c(=O)c2)CC(C)O1. The predicted molar refractivity (Wildman–Crippen MR) is 109 cm³/mol. The molecular weight excluding hydrogens is 394 g/mol. The van der Waals surface area contributed by atoms with Gasteiger partial charge in [-0.2, -0.15) is 5.10 Å². The molecule has 2 unspecified atom stereocenters. The number of halogens is 1. The first-order valence-electron chi connectivity index (χ1n) is 9.38. The molecular formula is C19H22ClN7O2. The van der Waals surface area contributed by atoms with Crippen molar-refractivity contribution in [1.29, 1.82) is 0 Å². The third-order valence-electron chi connectivity index (χ3n) is 4.88. The largest absolute Gasteiger partial charge is 0.372 e. The van der Waals surface area contributed by atoms with E-state index in [1.165, 1.54) is 4.68 Å². The van der Waals surface area contributed by atoms with Gasteiger partial charge in [-0.05, 0) is 26.0 Å². The number of morpholine rings is 1. The van der Waals surface area contributed by atoms with E-state index in [-0.39, 0.29) is 24.3 Å². The Morgan fingerprint density at radius 3 is 2.62 bits per heavy atom. The number of ether oxygens (including phenoxy) is 1. The van der Waals surface area contributed by atoms with Crippen LogP contribution < -0.4 is 10.5 Å². The summed E-state index contributed by atoms with van der Waals surface area (Å²) < 4.78 is 8.80. The molecule has 1 fully saturated rings. The minimum absolute atomic E-state index is 0.109. The number of hydrogen-bond donors (Lipinski definition) is 0. The van der Waals surface area contributed by atoms with E-state index >= 15 is 0 Å². The quantitative estimate of drug-likeness (QED) is 0.599. The van der Waals surface area contributed by atoms with Gasteiger partial charge >= 0.3 is 0 Å². The van der Waals surface area contributed by atoms with Crippen LogP contribution >= 0.6 is 11.6 Å². The standard InChI is InChI=1S/C19H22ClN7O2/c1-12-9-26(10-13(2)29-12)15-6-18(28)27(22-8-15)11-16-19(23-24-25(16)3)14-4-5-17(20)21-7-14/h4-8,12-13H,9-11H2,1-3H3. The van der Waals surface area contributed by atoms with Crippen molar-refractivity contribution < 1.29 is 4.74 Å². The summed E-state index contributed by atoms with van der Waals surface area (Å²) in [5.74, 6) is 0. The summed E-state index contributed by atoms with van der Waals surface area (Å²) in [6.07, 6.45) is 3.57. The third kappa shape index (κ3) is 4.15. The van der Waals surface area contributed by atoms with E-state index in [4.69, 9.17) is 16.3 Å². The highest BCUT2D eigenvalue weighted by Gasteiger charge is 2.23.